The van der Waals surface area contributed by atoms with E-state index in [0.717, 1.165) is 65.9 Å². The standard InChI is InChI=1S/C22H27N7OS/c1-15-19(16(2)28(3)27-15)6-7-21(30)29-9-4-5-17(13-29)11-18-12-20(25-14-24-18)26-22-23-8-10-31-22/h6-8,10,12,14,17H,4-5,9,11,13H2,1-3H3,(H,23,24,25,26)/b7-6+. The van der Waals surface area contributed by atoms with E-state index in [2.05, 4.69) is 25.4 Å². The molecule has 0 bridgehead atoms. The molecule has 1 atom stereocenters. The van der Waals surface area contributed by atoms with Gasteiger partial charge in [-0.3, -0.25) is 9.48 Å². The van der Waals surface area contributed by atoms with E-state index in [1.54, 1.807) is 18.6 Å². The van der Waals surface area contributed by atoms with E-state index >= 15 is 0 Å². The van der Waals surface area contributed by atoms with Crippen LogP contribution in [0.25, 0.3) is 6.08 Å². The Morgan fingerprint density at radius 3 is 2.94 bits per heavy atom. The van der Waals surface area contributed by atoms with Crippen LogP contribution < -0.4 is 5.32 Å². The highest BCUT2D eigenvalue weighted by molar-refractivity contribution is 7.13. The highest BCUT2D eigenvalue weighted by Crippen LogP contribution is 2.23. The molecule has 8 nitrogen and oxygen atoms in total. The summed E-state index contributed by atoms with van der Waals surface area (Å²) in [6.45, 7) is 5.52. The Morgan fingerprint density at radius 2 is 2.19 bits per heavy atom. The van der Waals surface area contributed by atoms with Crippen molar-refractivity contribution in [3.63, 3.8) is 0 Å². The molecule has 1 unspecified atom stereocenters. The quantitative estimate of drug-likeness (QED) is 0.594. The molecule has 0 spiro atoms. The van der Waals surface area contributed by atoms with Crippen LogP contribution in [-0.4, -0.2) is 48.6 Å². The number of hydrogen-bond donors (Lipinski definition) is 1. The molecule has 3 aromatic heterocycles. The smallest absolute Gasteiger partial charge is 0.246 e. The SMILES string of the molecule is Cc1nn(C)c(C)c1/C=C/C(=O)N1CCCC(Cc2cc(Nc3nccs3)ncn2)C1. The lowest BCUT2D eigenvalue weighted by Crippen LogP contribution is -2.39. The van der Waals surface area contributed by atoms with Crippen molar-refractivity contribution in [1.82, 2.24) is 29.6 Å². The molecular formula is C22H27N7OS. The number of likely N-dealkylation sites (tertiary alicyclic amines) is 1. The molecule has 4 heterocycles. The molecule has 0 aliphatic carbocycles. The summed E-state index contributed by atoms with van der Waals surface area (Å²) < 4.78 is 1.84. The third-order valence-electron chi connectivity index (χ3n) is 5.68. The van der Waals surface area contributed by atoms with Crippen molar-refractivity contribution < 1.29 is 4.79 Å². The maximum atomic E-state index is 12.8. The first-order valence-corrected chi connectivity index (χ1v) is 11.3. The molecule has 1 saturated heterocycles. The Morgan fingerprint density at radius 1 is 1.32 bits per heavy atom. The van der Waals surface area contributed by atoms with E-state index < -0.39 is 0 Å². The van der Waals surface area contributed by atoms with Crippen LogP contribution in [0.2, 0.25) is 0 Å². The van der Waals surface area contributed by atoms with Gasteiger partial charge in [-0.1, -0.05) is 0 Å². The molecule has 0 aromatic carbocycles. The molecule has 3 aromatic rings. The van der Waals surface area contributed by atoms with E-state index in [1.807, 2.05) is 48.0 Å². The number of aromatic nitrogens is 5. The Labute approximate surface area is 186 Å². The Balaban J connectivity index is 1.37. The van der Waals surface area contributed by atoms with Crippen LogP contribution >= 0.6 is 11.3 Å². The molecule has 1 aliphatic heterocycles. The zero-order valence-electron chi connectivity index (χ0n) is 18.1. The number of thiazole rings is 1. The van der Waals surface area contributed by atoms with Gasteiger partial charge >= 0.3 is 0 Å². The van der Waals surface area contributed by atoms with Crippen molar-refractivity contribution >= 4 is 34.3 Å². The lowest BCUT2D eigenvalue weighted by atomic mass is 9.93. The number of aryl methyl sites for hydroxylation is 2. The van der Waals surface area contributed by atoms with Crippen LogP contribution in [0.1, 0.15) is 35.5 Å². The number of hydrogen-bond acceptors (Lipinski definition) is 7. The first-order valence-electron chi connectivity index (χ1n) is 10.4. The molecule has 1 fully saturated rings. The monoisotopic (exact) mass is 437 g/mol. The normalized spacial score (nSPS) is 16.7. The second-order valence-corrected chi connectivity index (χ2v) is 8.79. The number of anilines is 2. The maximum absolute atomic E-state index is 12.8. The summed E-state index contributed by atoms with van der Waals surface area (Å²) in [6.07, 6.45) is 9.83. The molecule has 4 rings (SSSR count). The van der Waals surface area contributed by atoms with Crippen molar-refractivity contribution in [2.24, 2.45) is 13.0 Å². The number of piperidine rings is 1. The number of carbonyl (C=O) groups is 1. The lowest BCUT2D eigenvalue weighted by molar-refractivity contribution is -0.127. The van der Waals surface area contributed by atoms with Gasteiger partial charge in [0, 0.05) is 60.8 Å². The summed E-state index contributed by atoms with van der Waals surface area (Å²) in [6, 6.07) is 1.97. The van der Waals surface area contributed by atoms with E-state index in [0.29, 0.717) is 5.92 Å². The van der Waals surface area contributed by atoms with Crippen LogP contribution in [0.5, 0.6) is 0 Å². The number of carbonyl (C=O) groups excluding carboxylic acids is 1. The second-order valence-electron chi connectivity index (χ2n) is 7.89. The van der Waals surface area contributed by atoms with Crippen molar-refractivity contribution in [2.75, 3.05) is 18.4 Å². The Kier molecular flexibility index (Phi) is 6.41. The van der Waals surface area contributed by atoms with Crippen LogP contribution in [0.15, 0.2) is 30.0 Å². The summed E-state index contributed by atoms with van der Waals surface area (Å²) in [5, 5.41) is 10.3. The minimum atomic E-state index is 0.0566. The zero-order chi connectivity index (χ0) is 21.8. The summed E-state index contributed by atoms with van der Waals surface area (Å²) in [5.74, 6) is 1.19. The fourth-order valence-corrected chi connectivity index (χ4v) is 4.53. The molecule has 9 heteroatoms. The maximum Gasteiger partial charge on any atom is 0.246 e. The lowest BCUT2D eigenvalue weighted by Gasteiger charge is -2.32. The van der Waals surface area contributed by atoms with Gasteiger partial charge in [0.15, 0.2) is 5.13 Å². The van der Waals surface area contributed by atoms with Gasteiger partial charge in [-0.2, -0.15) is 5.10 Å². The van der Waals surface area contributed by atoms with Crippen LogP contribution in [0.3, 0.4) is 0 Å². The van der Waals surface area contributed by atoms with Crippen LogP contribution in [0, 0.1) is 19.8 Å². The molecule has 1 amide bonds. The number of amides is 1. The first kappa shape index (κ1) is 21.2. The number of rotatable bonds is 6. The van der Waals surface area contributed by atoms with Crippen LogP contribution in [0.4, 0.5) is 10.9 Å². The van der Waals surface area contributed by atoms with Gasteiger partial charge < -0.3 is 10.2 Å². The average Bonchev–Trinajstić information content (AvgIpc) is 3.35. The van der Waals surface area contributed by atoms with Gasteiger partial charge in [0.25, 0.3) is 0 Å². The molecule has 31 heavy (non-hydrogen) atoms. The van der Waals surface area contributed by atoms with Gasteiger partial charge in [0.2, 0.25) is 5.91 Å². The second kappa shape index (κ2) is 9.38. The average molecular weight is 438 g/mol. The Hall–Kier alpha value is -3.07. The van der Waals surface area contributed by atoms with Crippen molar-refractivity contribution in [2.45, 2.75) is 33.1 Å². The first-order chi connectivity index (χ1) is 15.0. The summed E-state index contributed by atoms with van der Waals surface area (Å²) in [4.78, 5) is 27.7. The molecular weight excluding hydrogens is 410 g/mol. The van der Waals surface area contributed by atoms with E-state index in [4.69, 9.17) is 0 Å². The predicted molar refractivity (Wildman–Crippen MR) is 122 cm³/mol. The largest absolute Gasteiger partial charge is 0.339 e. The highest BCUT2D eigenvalue weighted by atomic mass is 32.1. The highest BCUT2D eigenvalue weighted by Gasteiger charge is 2.23. The van der Waals surface area contributed by atoms with Gasteiger partial charge in [-0.05, 0) is 45.1 Å². The molecule has 0 radical (unpaired) electrons. The Bertz CT molecular complexity index is 1070. The van der Waals surface area contributed by atoms with Crippen molar-refractivity contribution in [3.8, 4) is 0 Å². The zero-order valence-corrected chi connectivity index (χ0v) is 18.9. The summed E-state index contributed by atoms with van der Waals surface area (Å²) in [7, 11) is 1.92. The van der Waals surface area contributed by atoms with Crippen molar-refractivity contribution in [1.29, 1.82) is 0 Å². The van der Waals surface area contributed by atoms with Gasteiger partial charge in [0.05, 0.1) is 5.69 Å². The van der Waals surface area contributed by atoms with Gasteiger partial charge in [-0.25, -0.2) is 15.0 Å². The van der Waals surface area contributed by atoms with Crippen molar-refractivity contribution in [3.05, 3.63) is 52.7 Å². The predicted octanol–water partition coefficient (Wildman–Crippen LogP) is 3.52. The topological polar surface area (TPSA) is 88.8 Å². The van der Waals surface area contributed by atoms with Crippen LogP contribution in [-0.2, 0) is 18.3 Å². The number of nitrogens with zero attached hydrogens (tertiary/aromatic N) is 6. The van der Waals surface area contributed by atoms with E-state index in [9.17, 15) is 4.79 Å². The number of nitrogens with one attached hydrogen (secondary N) is 1. The minimum Gasteiger partial charge on any atom is -0.339 e. The van der Waals surface area contributed by atoms with E-state index in [-0.39, 0.29) is 5.91 Å². The summed E-state index contributed by atoms with van der Waals surface area (Å²) in [5.41, 5.74) is 3.99. The fourth-order valence-electron chi connectivity index (χ4n) is 3.99. The third kappa shape index (κ3) is 5.16. The third-order valence-corrected chi connectivity index (χ3v) is 6.37. The molecule has 1 aliphatic rings. The molecule has 1 N–H and O–H groups in total. The van der Waals surface area contributed by atoms with Gasteiger partial charge in [-0.15, -0.1) is 11.3 Å². The minimum absolute atomic E-state index is 0.0566. The summed E-state index contributed by atoms with van der Waals surface area (Å²) >= 11 is 1.53. The van der Waals surface area contributed by atoms with E-state index in [1.165, 1.54) is 11.3 Å². The fraction of sp³-hybridized carbons (Fsp3) is 0.409. The molecule has 162 valence electrons. The van der Waals surface area contributed by atoms with Gasteiger partial charge in [0.1, 0.15) is 12.1 Å². The molecule has 0 saturated carbocycles.